The fraction of sp³-hybridized carbons (Fsp3) is 0.364. The van der Waals surface area contributed by atoms with Crippen LogP contribution >= 0.6 is 0 Å². The molecule has 0 aliphatic heterocycles. The van der Waals surface area contributed by atoms with E-state index < -0.39 is 0 Å². The van der Waals surface area contributed by atoms with Crippen LogP contribution in [0, 0.1) is 5.92 Å². The highest BCUT2D eigenvalue weighted by atomic mass is 15.3. The van der Waals surface area contributed by atoms with Gasteiger partial charge in [0.1, 0.15) is 0 Å². The maximum atomic E-state index is 2.50. The Hall–Kier alpha value is -1.86. The summed E-state index contributed by atoms with van der Waals surface area (Å²) in [5.41, 5.74) is 6.00. The summed E-state index contributed by atoms with van der Waals surface area (Å²) < 4.78 is 1.02. The number of hydrogen-bond acceptors (Lipinski definition) is 0. The second-order valence-electron chi connectivity index (χ2n) is 7.70. The Balaban J connectivity index is 1.84. The van der Waals surface area contributed by atoms with E-state index in [0.717, 1.165) is 10.9 Å². The fourth-order valence-corrected chi connectivity index (χ4v) is 3.54. The van der Waals surface area contributed by atoms with E-state index in [-0.39, 0.29) is 0 Å². The molecule has 0 amide bonds. The van der Waals surface area contributed by atoms with E-state index in [0.29, 0.717) is 5.92 Å². The van der Waals surface area contributed by atoms with E-state index in [1.54, 1.807) is 0 Å². The highest BCUT2D eigenvalue weighted by molar-refractivity contribution is 5.69. The minimum absolute atomic E-state index is 0.627. The summed E-state index contributed by atoms with van der Waals surface area (Å²) in [6.45, 7) is 1.18. The number of hydrogen-bond donors (Lipinski definition) is 0. The molecule has 1 aliphatic rings. The van der Waals surface area contributed by atoms with Crippen LogP contribution in [0.3, 0.4) is 0 Å². The Kier molecular flexibility index (Phi) is 4.68. The highest BCUT2D eigenvalue weighted by Gasteiger charge is 2.24. The molecule has 0 radical (unpaired) electrons. The van der Waals surface area contributed by atoms with Crippen LogP contribution in [0.4, 0.5) is 0 Å². The summed E-state index contributed by atoms with van der Waals surface area (Å²) in [5.74, 6) is 0.627. The highest BCUT2D eigenvalue weighted by Crippen LogP contribution is 2.36. The molecule has 0 saturated heterocycles. The molecule has 1 nitrogen and oxygen atoms in total. The van der Waals surface area contributed by atoms with E-state index in [1.165, 1.54) is 41.6 Å². The molecular weight excluding hydrogens is 278 g/mol. The molecule has 3 rings (SSSR count). The maximum Gasteiger partial charge on any atom is 0.0815 e. The van der Waals surface area contributed by atoms with Gasteiger partial charge in [0.05, 0.1) is 27.7 Å². The van der Waals surface area contributed by atoms with E-state index in [2.05, 4.69) is 81.8 Å². The van der Waals surface area contributed by atoms with Crippen LogP contribution in [-0.4, -0.2) is 32.2 Å². The number of quaternary nitrogens is 1. The first-order chi connectivity index (χ1) is 11.0. The van der Waals surface area contributed by atoms with Crippen LogP contribution in [0.1, 0.15) is 23.1 Å². The van der Waals surface area contributed by atoms with Gasteiger partial charge in [-0.25, -0.2) is 0 Å². The van der Waals surface area contributed by atoms with Gasteiger partial charge in [-0.3, -0.25) is 0 Å². The number of allylic oxidation sites excluding steroid dienone is 1. The second-order valence-corrected chi connectivity index (χ2v) is 7.70. The van der Waals surface area contributed by atoms with Crippen molar-refractivity contribution in [2.24, 2.45) is 5.92 Å². The van der Waals surface area contributed by atoms with E-state index in [4.69, 9.17) is 0 Å². The van der Waals surface area contributed by atoms with Gasteiger partial charge in [-0.2, -0.15) is 0 Å². The zero-order valence-electron chi connectivity index (χ0n) is 14.6. The largest absolute Gasteiger partial charge is 0.331 e. The summed E-state index contributed by atoms with van der Waals surface area (Å²) in [4.78, 5) is 0. The topological polar surface area (TPSA) is 0 Å². The second kappa shape index (κ2) is 6.72. The molecule has 2 aromatic rings. The molecular formula is C22H28N+. The van der Waals surface area contributed by atoms with Gasteiger partial charge in [0.25, 0.3) is 0 Å². The number of benzene rings is 2. The molecule has 2 aromatic carbocycles. The average Bonchev–Trinajstić information content (AvgIpc) is 2.95. The van der Waals surface area contributed by atoms with Gasteiger partial charge in [-0.15, -0.1) is 0 Å². The quantitative estimate of drug-likeness (QED) is 0.709. The Bertz CT molecular complexity index is 652. The predicted molar refractivity (Wildman–Crippen MR) is 99.3 cm³/mol. The minimum atomic E-state index is 0.627. The van der Waals surface area contributed by atoms with Crippen LogP contribution in [0.5, 0.6) is 0 Å². The van der Waals surface area contributed by atoms with Crippen molar-refractivity contribution in [1.29, 1.82) is 0 Å². The van der Waals surface area contributed by atoms with Crippen molar-refractivity contribution in [3.63, 3.8) is 0 Å². The lowest BCUT2D eigenvalue weighted by Gasteiger charge is -2.23. The summed E-state index contributed by atoms with van der Waals surface area (Å²) in [7, 11) is 6.80. The molecule has 0 bridgehead atoms. The summed E-state index contributed by atoms with van der Waals surface area (Å²) in [5, 5.41) is 0. The standard InChI is InChI=1S/C22H28N/c1-23(2,3)15-9-14-22(18-10-5-4-6-11-18)21-16-19-12-7-8-13-20(19)17-21/h4-8,10-14,21H,9,15-17H2,1-3H3/q+1/b22-14-. The zero-order valence-corrected chi connectivity index (χ0v) is 14.6. The van der Waals surface area contributed by atoms with Crippen molar-refractivity contribution in [1.82, 2.24) is 0 Å². The monoisotopic (exact) mass is 306 g/mol. The van der Waals surface area contributed by atoms with Gasteiger partial charge in [0.15, 0.2) is 0 Å². The van der Waals surface area contributed by atoms with Crippen molar-refractivity contribution in [3.8, 4) is 0 Å². The SMILES string of the molecule is C[N+](C)(C)CC/C=C(/c1ccccc1)C1Cc2ccccc2C1. The van der Waals surface area contributed by atoms with Crippen LogP contribution in [0.15, 0.2) is 60.7 Å². The lowest BCUT2D eigenvalue weighted by Crippen LogP contribution is -2.35. The van der Waals surface area contributed by atoms with Gasteiger partial charge >= 0.3 is 0 Å². The molecule has 0 heterocycles. The molecule has 0 atom stereocenters. The Morgan fingerprint density at radius 2 is 1.48 bits per heavy atom. The van der Waals surface area contributed by atoms with Crippen molar-refractivity contribution >= 4 is 5.57 Å². The number of nitrogens with zero attached hydrogens (tertiary/aromatic N) is 1. The molecule has 0 aromatic heterocycles. The normalized spacial score (nSPS) is 15.7. The first-order valence-corrected chi connectivity index (χ1v) is 8.66. The van der Waals surface area contributed by atoms with Gasteiger partial charge in [-0.05, 0) is 41.0 Å². The zero-order chi connectivity index (χ0) is 16.3. The minimum Gasteiger partial charge on any atom is -0.331 e. The molecule has 0 fully saturated rings. The van der Waals surface area contributed by atoms with Gasteiger partial charge in [0, 0.05) is 6.42 Å². The van der Waals surface area contributed by atoms with Gasteiger partial charge in [-0.1, -0.05) is 60.7 Å². The van der Waals surface area contributed by atoms with E-state index in [9.17, 15) is 0 Å². The van der Waals surface area contributed by atoms with Gasteiger partial charge < -0.3 is 4.48 Å². The third kappa shape index (κ3) is 4.11. The molecule has 120 valence electrons. The Morgan fingerprint density at radius 3 is 2.04 bits per heavy atom. The van der Waals surface area contributed by atoms with Crippen LogP contribution < -0.4 is 0 Å². The Labute approximate surface area is 140 Å². The third-order valence-electron chi connectivity index (χ3n) is 4.76. The van der Waals surface area contributed by atoms with Gasteiger partial charge in [0.2, 0.25) is 0 Å². The van der Waals surface area contributed by atoms with E-state index in [1.807, 2.05) is 0 Å². The first-order valence-electron chi connectivity index (χ1n) is 8.66. The Morgan fingerprint density at radius 1 is 0.913 bits per heavy atom. The lowest BCUT2D eigenvalue weighted by atomic mass is 9.89. The fourth-order valence-electron chi connectivity index (χ4n) is 3.54. The van der Waals surface area contributed by atoms with Crippen LogP contribution in [0.2, 0.25) is 0 Å². The summed E-state index contributed by atoms with van der Waals surface area (Å²) in [6.07, 6.45) is 6.00. The molecule has 0 unspecified atom stereocenters. The van der Waals surface area contributed by atoms with Crippen molar-refractivity contribution in [2.45, 2.75) is 19.3 Å². The number of rotatable bonds is 5. The maximum absolute atomic E-state index is 2.50. The molecule has 1 heteroatoms. The lowest BCUT2D eigenvalue weighted by molar-refractivity contribution is -0.869. The van der Waals surface area contributed by atoms with Crippen LogP contribution in [-0.2, 0) is 12.8 Å². The average molecular weight is 306 g/mol. The smallest absolute Gasteiger partial charge is 0.0815 e. The third-order valence-corrected chi connectivity index (χ3v) is 4.76. The molecule has 0 N–H and O–H groups in total. The molecule has 23 heavy (non-hydrogen) atoms. The summed E-state index contributed by atoms with van der Waals surface area (Å²) >= 11 is 0. The van der Waals surface area contributed by atoms with Crippen molar-refractivity contribution in [2.75, 3.05) is 27.7 Å². The number of fused-ring (bicyclic) bond motifs is 1. The van der Waals surface area contributed by atoms with Crippen molar-refractivity contribution < 1.29 is 4.48 Å². The molecule has 0 spiro atoms. The molecule has 1 aliphatic carbocycles. The summed E-state index contributed by atoms with van der Waals surface area (Å²) in [6, 6.07) is 19.9. The first kappa shape index (κ1) is 16.0. The van der Waals surface area contributed by atoms with Crippen molar-refractivity contribution in [3.05, 3.63) is 77.4 Å². The van der Waals surface area contributed by atoms with E-state index >= 15 is 0 Å². The molecule has 0 saturated carbocycles. The van der Waals surface area contributed by atoms with Crippen LogP contribution in [0.25, 0.3) is 5.57 Å². The predicted octanol–water partition coefficient (Wildman–Crippen LogP) is 4.58.